The lowest BCUT2D eigenvalue weighted by Crippen LogP contribution is -2.47. The molecule has 0 aliphatic heterocycles. The first-order chi connectivity index (χ1) is 7.04. The molecule has 4 atom stereocenters. The maximum absolute atomic E-state index is 9.49. The normalized spacial score (nSPS) is 19.6. The van der Waals surface area contributed by atoms with Gasteiger partial charge in [-0.1, -0.05) is 13.8 Å². The minimum absolute atomic E-state index is 0.211. The minimum Gasteiger partial charge on any atom is -0.390 e. The molecule has 0 aliphatic rings. The fraction of sp³-hybridized carbons (Fsp3) is 1.00. The Kier molecular flexibility index (Phi) is 7.90. The zero-order valence-corrected chi connectivity index (χ0v) is 9.43. The summed E-state index contributed by atoms with van der Waals surface area (Å²) in [4.78, 5) is 0. The first kappa shape index (κ1) is 14.8. The molecule has 0 fully saturated rings. The van der Waals surface area contributed by atoms with Crippen LogP contribution in [0.1, 0.15) is 26.7 Å². The van der Waals surface area contributed by atoms with Crippen LogP contribution in [0.2, 0.25) is 0 Å². The summed E-state index contributed by atoms with van der Waals surface area (Å²) in [7, 11) is 0. The quantitative estimate of drug-likeness (QED) is 0.333. The predicted octanol–water partition coefficient (Wildman–Crippen LogP) is -1.16. The van der Waals surface area contributed by atoms with E-state index in [1.165, 1.54) is 0 Å². The topological polar surface area (TPSA) is 93.0 Å². The van der Waals surface area contributed by atoms with Gasteiger partial charge in [0.1, 0.15) is 12.2 Å². The molecule has 2 unspecified atom stereocenters. The van der Waals surface area contributed by atoms with Crippen molar-refractivity contribution in [3.63, 3.8) is 0 Å². The van der Waals surface area contributed by atoms with Crippen LogP contribution in [0.4, 0.5) is 0 Å². The average Bonchev–Trinajstić information content (AvgIpc) is 2.26. The van der Waals surface area contributed by atoms with Crippen molar-refractivity contribution in [3.8, 4) is 0 Å². The van der Waals surface area contributed by atoms with E-state index in [0.717, 1.165) is 13.0 Å². The zero-order valence-electron chi connectivity index (χ0n) is 9.43. The van der Waals surface area contributed by atoms with E-state index in [1.54, 1.807) is 6.92 Å². The van der Waals surface area contributed by atoms with Crippen LogP contribution >= 0.6 is 0 Å². The van der Waals surface area contributed by atoms with Gasteiger partial charge in [-0.05, 0) is 19.4 Å². The maximum Gasteiger partial charge on any atom is 0.109 e. The molecule has 0 radical (unpaired) electrons. The van der Waals surface area contributed by atoms with E-state index in [2.05, 4.69) is 5.32 Å². The molecule has 92 valence electrons. The fourth-order valence-corrected chi connectivity index (χ4v) is 1.24. The number of hydrogen-bond acceptors (Lipinski definition) is 5. The molecular formula is C10H23NO4. The van der Waals surface area contributed by atoms with Gasteiger partial charge >= 0.3 is 0 Å². The summed E-state index contributed by atoms with van der Waals surface area (Å²) in [5.74, 6) is 0. The molecule has 0 rings (SSSR count). The molecule has 0 aromatic rings. The summed E-state index contributed by atoms with van der Waals surface area (Å²) < 4.78 is 0. The second-order valence-corrected chi connectivity index (χ2v) is 3.73. The van der Waals surface area contributed by atoms with Crippen molar-refractivity contribution in [1.82, 2.24) is 5.32 Å². The smallest absolute Gasteiger partial charge is 0.109 e. The maximum atomic E-state index is 9.49. The van der Waals surface area contributed by atoms with Gasteiger partial charge in [0, 0.05) is 6.54 Å². The molecule has 0 bridgehead atoms. The highest BCUT2D eigenvalue weighted by Crippen LogP contribution is 2.07. The highest BCUT2D eigenvalue weighted by Gasteiger charge is 2.28. The Balaban J connectivity index is 3.90. The van der Waals surface area contributed by atoms with Crippen molar-refractivity contribution >= 4 is 0 Å². The molecule has 5 N–H and O–H groups in total. The van der Waals surface area contributed by atoms with Crippen molar-refractivity contribution in [2.75, 3.05) is 13.1 Å². The van der Waals surface area contributed by atoms with E-state index >= 15 is 0 Å². The fourth-order valence-electron chi connectivity index (χ4n) is 1.24. The third-order valence-electron chi connectivity index (χ3n) is 2.34. The zero-order chi connectivity index (χ0) is 11.8. The Morgan fingerprint density at radius 3 is 1.93 bits per heavy atom. The van der Waals surface area contributed by atoms with Gasteiger partial charge in [0.25, 0.3) is 0 Å². The van der Waals surface area contributed by atoms with Crippen molar-refractivity contribution < 1.29 is 20.4 Å². The average molecular weight is 221 g/mol. The summed E-state index contributed by atoms with van der Waals surface area (Å²) in [6.07, 6.45) is -3.40. The van der Waals surface area contributed by atoms with Crippen LogP contribution in [0, 0.1) is 0 Å². The van der Waals surface area contributed by atoms with Crippen LogP contribution in [-0.4, -0.2) is 57.9 Å². The van der Waals surface area contributed by atoms with Gasteiger partial charge in [-0.25, -0.2) is 0 Å². The summed E-state index contributed by atoms with van der Waals surface area (Å²) in [6.45, 7) is 4.65. The van der Waals surface area contributed by atoms with Crippen LogP contribution in [0.3, 0.4) is 0 Å². The molecule has 5 nitrogen and oxygen atoms in total. The molecule has 15 heavy (non-hydrogen) atoms. The van der Waals surface area contributed by atoms with E-state index in [9.17, 15) is 20.4 Å². The van der Waals surface area contributed by atoms with Crippen LogP contribution < -0.4 is 5.32 Å². The summed E-state index contributed by atoms with van der Waals surface area (Å²) >= 11 is 0. The van der Waals surface area contributed by atoms with Crippen LogP contribution in [-0.2, 0) is 0 Å². The third kappa shape index (κ3) is 5.44. The number of nitrogens with one attached hydrogen (secondary N) is 1. The molecule has 0 amide bonds. The van der Waals surface area contributed by atoms with Gasteiger partial charge in [0.2, 0.25) is 0 Å². The van der Waals surface area contributed by atoms with Crippen molar-refractivity contribution in [2.45, 2.75) is 51.1 Å². The summed E-state index contributed by atoms with van der Waals surface area (Å²) in [5.41, 5.74) is 0. The Morgan fingerprint density at radius 2 is 1.47 bits per heavy atom. The van der Waals surface area contributed by atoms with E-state index in [-0.39, 0.29) is 6.54 Å². The first-order valence-electron chi connectivity index (χ1n) is 5.47. The van der Waals surface area contributed by atoms with E-state index in [1.807, 2.05) is 6.92 Å². The van der Waals surface area contributed by atoms with Gasteiger partial charge in [-0.15, -0.1) is 0 Å². The van der Waals surface area contributed by atoms with E-state index in [4.69, 9.17) is 0 Å². The second-order valence-electron chi connectivity index (χ2n) is 3.73. The first-order valence-corrected chi connectivity index (χ1v) is 5.47. The molecule has 0 aliphatic carbocycles. The molecule has 0 heterocycles. The van der Waals surface area contributed by atoms with E-state index in [0.29, 0.717) is 6.42 Å². The van der Waals surface area contributed by atoms with Gasteiger partial charge in [-0.3, -0.25) is 0 Å². The number of hydrogen-bond donors (Lipinski definition) is 5. The van der Waals surface area contributed by atoms with E-state index < -0.39 is 24.4 Å². The minimum atomic E-state index is -1.32. The molecule has 0 aromatic heterocycles. The van der Waals surface area contributed by atoms with Crippen LogP contribution in [0.15, 0.2) is 0 Å². The Morgan fingerprint density at radius 1 is 0.933 bits per heavy atom. The Hall–Kier alpha value is -0.200. The highest BCUT2D eigenvalue weighted by atomic mass is 16.4. The highest BCUT2D eigenvalue weighted by molar-refractivity contribution is 4.81. The van der Waals surface area contributed by atoms with Gasteiger partial charge < -0.3 is 25.7 Å². The van der Waals surface area contributed by atoms with Crippen LogP contribution in [0.25, 0.3) is 0 Å². The molecule has 0 saturated carbocycles. The lowest BCUT2D eigenvalue weighted by Gasteiger charge is -2.26. The largest absolute Gasteiger partial charge is 0.390 e. The monoisotopic (exact) mass is 221 g/mol. The summed E-state index contributed by atoms with van der Waals surface area (Å²) in [6, 6.07) is 0. The van der Waals surface area contributed by atoms with Crippen molar-refractivity contribution in [1.29, 1.82) is 0 Å². The lowest BCUT2D eigenvalue weighted by molar-refractivity contribution is -0.104. The van der Waals surface area contributed by atoms with Crippen molar-refractivity contribution in [3.05, 3.63) is 0 Å². The van der Waals surface area contributed by atoms with Gasteiger partial charge in [-0.2, -0.15) is 0 Å². The van der Waals surface area contributed by atoms with Crippen LogP contribution in [0.5, 0.6) is 0 Å². The number of rotatable bonds is 8. The molecular weight excluding hydrogens is 198 g/mol. The summed E-state index contributed by atoms with van der Waals surface area (Å²) in [5, 5.41) is 40.6. The third-order valence-corrected chi connectivity index (χ3v) is 2.34. The molecule has 5 heteroatoms. The second kappa shape index (κ2) is 8.01. The van der Waals surface area contributed by atoms with Gasteiger partial charge in [0.05, 0.1) is 12.2 Å². The molecule has 0 saturated heterocycles. The molecule has 0 aromatic carbocycles. The Labute approximate surface area is 90.8 Å². The molecule has 0 spiro atoms. The Bertz CT molecular complexity index is 156. The standard InChI is InChI=1S/C10H23NO4/c1-3-5-11-6-8(13)10(15)9(14)7(12)4-2/h7-15H,3-6H2,1-2H3/t7?,8?,9-,10+/m1/s1. The number of aliphatic hydroxyl groups is 4. The predicted molar refractivity (Wildman–Crippen MR) is 57.5 cm³/mol. The SMILES string of the molecule is CCCNCC(O)[C@H](O)[C@H](O)C(O)CC. The lowest BCUT2D eigenvalue weighted by atomic mass is 10.0. The van der Waals surface area contributed by atoms with Gasteiger partial charge in [0.15, 0.2) is 0 Å². The number of aliphatic hydroxyl groups excluding tert-OH is 4. The van der Waals surface area contributed by atoms with Crippen molar-refractivity contribution in [2.24, 2.45) is 0 Å².